The van der Waals surface area contributed by atoms with E-state index in [0.717, 1.165) is 21.8 Å². The van der Waals surface area contributed by atoms with E-state index in [2.05, 4.69) is 105 Å². The number of nitriles is 1. The Labute approximate surface area is 242 Å². The molecule has 2 heterocycles. The first-order valence-electron chi connectivity index (χ1n) is 12.2. The minimum Gasteiger partial charge on any atom is -0.657 e. The minimum atomic E-state index is 0. The van der Waals surface area contributed by atoms with Crippen molar-refractivity contribution in [1.82, 2.24) is 4.98 Å². The Hall–Kier alpha value is -4.78. The number of benzene rings is 5. The van der Waals surface area contributed by atoms with E-state index in [1.807, 2.05) is 36.4 Å². The first-order valence-corrected chi connectivity index (χ1v) is 12.2. The maximum Gasteiger partial charge on any atom is 0.187 e. The number of fused-ring (bicyclic) bond motifs is 4. The molecule has 1 aliphatic heterocycles. The molecule has 1 aromatic heterocycles. The number of hydrogen-bond donors (Lipinski definition) is 0. The summed E-state index contributed by atoms with van der Waals surface area (Å²) in [6.45, 7) is 9.16. The van der Waals surface area contributed by atoms with Crippen LogP contribution >= 0.6 is 0 Å². The van der Waals surface area contributed by atoms with Crippen molar-refractivity contribution >= 4 is 50.2 Å². The third-order valence-corrected chi connectivity index (χ3v) is 6.47. The molecule has 0 fully saturated rings. The first kappa shape index (κ1) is 25.9. The van der Waals surface area contributed by atoms with Gasteiger partial charge in [0.15, 0.2) is 5.69 Å². The van der Waals surface area contributed by atoms with Gasteiger partial charge in [-0.15, -0.1) is 17.7 Å². The molecule has 5 aromatic carbocycles. The average Bonchev–Trinajstić information content (AvgIpc) is 3.56. The van der Waals surface area contributed by atoms with Crippen molar-refractivity contribution in [3.05, 3.63) is 145 Å². The van der Waals surface area contributed by atoms with E-state index < -0.39 is 0 Å². The van der Waals surface area contributed by atoms with Crippen LogP contribution in [0.1, 0.15) is 5.56 Å². The maximum atomic E-state index is 8.89. The molecule has 6 heteroatoms. The molecule has 0 atom stereocenters. The number of aromatic nitrogens is 1. The van der Waals surface area contributed by atoms with Crippen LogP contribution in [-0.2, 0) is 22.4 Å². The van der Waals surface area contributed by atoms with Gasteiger partial charge < -0.3 is 14.8 Å². The summed E-state index contributed by atoms with van der Waals surface area (Å²) < 4.78 is 0. The summed E-state index contributed by atoms with van der Waals surface area (Å²) in [7, 11) is 0. The molecule has 0 N–H and O–H groups in total. The van der Waals surface area contributed by atoms with Gasteiger partial charge in [0.25, 0.3) is 0 Å². The molecular weight excluding hydrogens is 663 g/mol. The fraction of sp³-hybridized carbons (Fsp3) is 0. The van der Waals surface area contributed by atoms with Crippen LogP contribution < -0.4 is 14.8 Å². The smallest absolute Gasteiger partial charge is 0.187 e. The Kier molecular flexibility index (Phi) is 7.50. The summed E-state index contributed by atoms with van der Waals surface area (Å²) in [5, 5.41) is 10.8. The average molecular weight is 685 g/mol. The van der Waals surface area contributed by atoms with Gasteiger partial charge in [-0.05, 0) is 65.4 Å². The first-order chi connectivity index (χ1) is 18.7. The molecule has 1 aliphatic rings. The van der Waals surface area contributed by atoms with Crippen molar-refractivity contribution in [1.29, 1.82) is 5.26 Å². The number of nitrogens with zero attached hydrogens (tertiary/aromatic N) is 5. The van der Waals surface area contributed by atoms with Crippen LogP contribution in [0.2, 0.25) is 0 Å². The Morgan fingerprint density at radius 1 is 0.667 bits per heavy atom. The molecule has 0 saturated heterocycles. The molecule has 6 aromatic rings. The SMILES string of the molecule is [Au].[C-]#[N+]c1ccc2[n-]c3ccc(C#N)cc3c2c1.c1ccc(N2[CH-]N(c3ccccc3)c3ccccc32)cc1. The van der Waals surface area contributed by atoms with Crippen molar-refractivity contribution < 1.29 is 22.4 Å². The molecule has 0 bridgehead atoms. The molecule has 0 unspecified atom stereocenters. The van der Waals surface area contributed by atoms with Gasteiger partial charge in [0.2, 0.25) is 0 Å². The van der Waals surface area contributed by atoms with Gasteiger partial charge in [0.05, 0.1) is 18.2 Å². The Morgan fingerprint density at radius 3 is 1.72 bits per heavy atom. The van der Waals surface area contributed by atoms with E-state index in [9.17, 15) is 0 Å². The third-order valence-electron chi connectivity index (χ3n) is 6.47. The quantitative estimate of drug-likeness (QED) is 0.136. The molecule has 191 valence electrons. The fourth-order valence-corrected chi connectivity index (χ4v) is 4.66. The molecule has 0 spiro atoms. The number of rotatable bonds is 2. The van der Waals surface area contributed by atoms with Crippen molar-refractivity contribution in [2.75, 3.05) is 9.80 Å². The van der Waals surface area contributed by atoms with E-state index in [-0.39, 0.29) is 22.4 Å². The predicted molar refractivity (Wildman–Crippen MR) is 154 cm³/mol. The van der Waals surface area contributed by atoms with Gasteiger partial charge in [-0.1, -0.05) is 66.7 Å². The van der Waals surface area contributed by atoms with Crippen molar-refractivity contribution in [3.8, 4) is 6.07 Å². The van der Waals surface area contributed by atoms with E-state index in [1.165, 1.54) is 22.7 Å². The van der Waals surface area contributed by atoms with Crippen molar-refractivity contribution in [2.24, 2.45) is 0 Å². The minimum absolute atomic E-state index is 0. The zero-order valence-electron chi connectivity index (χ0n) is 20.7. The molecular formula is C33H21AuN5-2. The monoisotopic (exact) mass is 684 g/mol. The van der Waals surface area contributed by atoms with Gasteiger partial charge in [-0.25, -0.2) is 4.85 Å². The topological polar surface area (TPSA) is 48.7 Å². The zero-order valence-corrected chi connectivity index (χ0v) is 22.8. The fourth-order valence-electron chi connectivity index (χ4n) is 4.66. The van der Waals surface area contributed by atoms with Crippen LogP contribution in [0.25, 0.3) is 26.7 Å². The van der Waals surface area contributed by atoms with Crippen LogP contribution in [0.3, 0.4) is 0 Å². The van der Waals surface area contributed by atoms with Gasteiger partial charge in [0.1, 0.15) is 0 Å². The molecule has 39 heavy (non-hydrogen) atoms. The third kappa shape index (κ3) is 5.03. The van der Waals surface area contributed by atoms with Gasteiger partial charge >= 0.3 is 0 Å². The Bertz CT molecular complexity index is 1700. The van der Waals surface area contributed by atoms with Crippen LogP contribution in [0, 0.1) is 24.6 Å². The Balaban J connectivity index is 0.000000157. The standard InChI is InChI=1S/C19H15N2.C14H6N3.Au/c1-3-9-16(10-4-1)20-15-21(17-11-5-2-6-12-17)19-14-8-7-13-18(19)20;1-16-10-3-5-14-12(7-10)11-6-9(8-15)2-4-13(11)17-14;/h1-15H;2-7H;/q2*-1;. The van der Waals surface area contributed by atoms with Crippen LogP contribution in [-0.4, -0.2) is 0 Å². The van der Waals surface area contributed by atoms with E-state index in [0.29, 0.717) is 11.3 Å². The van der Waals surface area contributed by atoms with Gasteiger partial charge in [-0.3, -0.25) is 0 Å². The largest absolute Gasteiger partial charge is 0.657 e. The normalized spacial score (nSPS) is 11.6. The summed E-state index contributed by atoms with van der Waals surface area (Å²) in [5.41, 5.74) is 7.67. The second-order valence-corrected chi connectivity index (χ2v) is 8.78. The Morgan fingerprint density at radius 2 is 1.18 bits per heavy atom. The van der Waals surface area contributed by atoms with Crippen LogP contribution in [0.5, 0.6) is 0 Å². The second kappa shape index (κ2) is 11.3. The molecule has 0 saturated carbocycles. The van der Waals surface area contributed by atoms with Gasteiger partial charge in [-0.2, -0.15) is 5.26 Å². The van der Waals surface area contributed by atoms with Crippen molar-refractivity contribution in [3.63, 3.8) is 0 Å². The number of hydrogen-bond acceptors (Lipinski definition) is 3. The molecule has 1 radical (unpaired) electrons. The second-order valence-electron chi connectivity index (χ2n) is 8.78. The maximum absolute atomic E-state index is 8.89. The molecule has 0 aliphatic carbocycles. The number of anilines is 4. The summed E-state index contributed by atoms with van der Waals surface area (Å²) in [6, 6.07) is 42.3. The van der Waals surface area contributed by atoms with E-state index >= 15 is 0 Å². The summed E-state index contributed by atoms with van der Waals surface area (Å²) >= 11 is 0. The van der Waals surface area contributed by atoms with Crippen LogP contribution in [0.4, 0.5) is 28.4 Å². The predicted octanol–water partition coefficient (Wildman–Crippen LogP) is 8.47. The summed E-state index contributed by atoms with van der Waals surface area (Å²) in [4.78, 5) is 12.3. The van der Waals surface area contributed by atoms with Crippen LogP contribution in [0.15, 0.2) is 121 Å². The molecule has 5 nitrogen and oxygen atoms in total. The van der Waals surface area contributed by atoms with Crippen molar-refractivity contribution in [2.45, 2.75) is 0 Å². The van der Waals surface area contributed by atoms with E-state index in [4.69, 9.17) is 11.8 Å². The molecule has 0 amide bonds. The molecule has 7 rings (SSSR count). The summed E-state index contributed by atoms with van der Waals surface area (Å²) in [6.07, 6.45) is 0. The van der Waals surface area contributed by atoms with Gasteiger partial charge in [0, 0.05) is 45.1 Å². The summed E-state index contributed by atoms with van der Waals surface area (Å²) in [5.74, 6) is 0. The zero-order chi connectivity index (χ0) is 25.9. The number of para-hydroxylation sites is 4. The van der Waals surface area contributed by atoms with E-state index in [1.54, 1.807) is 12.1 Å².